The Kier molecular flexibility index (Phi) is 5.03. The first-order chi connectivity index (χ1) is 10.0. The van der Waals surface area contributed by atoms with Gasteiger partial charge in [0.25, 0.3) is 0 Å². The highest BCUT2D eigenvalue weighted by atomic mass is 35.5. The van der Waals surface area contributed by atoms with Crippen LogP contribution in [0.5, 0.6) is 5.75 Å². The van der Waals surface area contributed by atoms with Gasteiger partial charge in [-0.25, -0.2) is 4.79 Å². The van der Waals surface area contributed by atoms with Crippen molar-refractivity contribution < 1.29 is 24.2 Å². The molecule has 0 radical (unpaired) electrons. The largest absolute Gasteiger partial charge is 0.496 e. The number of ether oxygens (including phenoxy) is 2. The molecule has 2 rings (SSSR count). The molecule has 1 aliphatic heterocycles. The number of carboxylic acid groups (broad SMARTS) is 1. The van der Waals surface area contributed by atoms with Gasteiger partial charge in [0.1, 0.15) is 5.75 Å². The lowest BCUT2D eigenvalue weighted by molar-refractivity contribution is -0.159. The van der Waals surface area contributed by atoms with Crippen molar-refractivity contribution in [1.29, 1.82) is 0 Å². The number of nitrogens with zero attached hydrogens (tertiary/aromatic N) is 1. The van der Waals surface area contributed by atoms with E-state index in [1.165, 1.54) is 12.0 Å². The van der Waals surface area contributed by atoms with E-state index < -0.39 is 12.1 Å². The second-order valence-corrected chi connectivity index (χ2v) is 5.11. The van der Waals surface area contributed by atoms with Crippen molar-refractivity contribution in [2.75, 3.05) is 26.8 Å². The minimum atomic E-state index is -1.06. The number of halogens is 1. The van der Waals surface area contributed by atoms with Gasteiger partial charge in [-0.2, -0.15) is 0 Å². The average molecular weight is 314 g/mol. The number of carbonyl (C=O) groups is 2. The Balaban J connectivity index is 2.07. The number of carboxylic acids is 1. The summed E-state index contributed by atoms with van der Waals surface area (Å²) in [6.45, 7) is 0.651. The Bertz CT molecular complexity index is 548. The lowest BCUT2D eigenvalue weighted by atomic mass is 10.1. The quantitative estimate of drug-likeness (QED) is 0.904. The minimum absolute atomic E-state index is 0.0526. The topological polar surface area (TPSA) is 76.1 Å². The van der Waals surface area contributed by atoms with Crippen molar-refractivity contribution in [2.24, 2.45) is 0 Å². The van der Waals surface area contributed by atoms with Crippen LogP contribution in [0.1, 0.15) is 5.56 Å². The predicted molar refractivity (Wildman–Crippen MR) is 75.7 cm³/mol. The van der Waals surface area contributed by atoms with E-state index in [9.17, 15) is 9.59 Å². The molecule has 1 aliphatic rings. The molecule has 0 aliphatic carbocycles. The Morgan fingerprint density at radius 1 is 1.52 bits per heavy atom. The Hall–Kier alpha value is -1.79. The number of rotatable bonds is 4. The normalized spacial score (nSPS) is 18.4. The number of carbonyl (C=O) groups excluding carboxylic acids is 1. The maximum absolute atomic E-state index is 12.3. The summed E-state index contributed by atoms with van der Waals surface area (Å²) in [7, 11) is 1.52. The zero-order valence-electron chi connectivity index (χ0n) is 11.5. The zero-order chi connectivity index (χ0) is 15.4. The third-order valence-corrected chi connectivity index (χ3v) is 3.51. The highest BCUT2D eigenvalue weighted by Gasteiger charge is 2.29. The standard InChI is InChI=1S/C14H16ClNO5/c1-20-11-3-2-10(15)6-9(11)7-13(17)16-4-5-21-12(8-16)14(18)19/h2-3,6,12H,4-5,7-8H2,1H3,(H,18,19). The van der Waals surface area contributed by atoms with Gasteiger partial charge in [0, 0.05) is 17.1 Å². The summed E-state index contributed by atoms with van der Waals surface area (Å²) in [5.41, 5.74) is 0.674. The van der Waals surface area contributed by atoms with Crippen LogP contribution in [0, 0.1) is 0 Å². The van der Waals surface area contributed by atoms with Crippen molar-refractivity contribution >= 4 is 23.5 Å². The van der Waals surface area contributed by atoms with Gasteiger partial charge in [0.05, 0.1) is 26.7 Å². The SMILES string of the molecule is COc1ccc(Cl)cc1CC(=O)N1CCOC(C(=O)O)C1. The van der Waals surface area contributed by atoms with E-state index in [0.717, 1.165) is 0 Å². The molecule has 1 fully saturated rings. The van der Waals surface area contributed by atoms with Crippen LogP contribution in [0.2, 0.25) is 5.02 Å². The van der Waals surface area contributed by atoms with Gasteiger partial charge in [0.2, 0.25) is 5.91 Å². The molecule has 1 aromatic rings. The summed E-state index contributed by atoms with van der Waals surface area (Å²) in [5, 5.41) is 9.46. The van der Waals surface area contributed by atoms with Crippen molar-refractivity contribution in [2.45, 2.75) is 12.5 Å². The van der Waals surface area contributed by atoms with Crippen LogP contribution in [-0.4, -0.2) is 54.8 Å². The second-order valence-electron chi connectivity index (χ2n) is 4.67. The minimum Gasteiger partial charge on any atom is -0.496 e. The molecule has 6 nitrogen and oxygen atoms in total. The van der Waals surface area contributed by atoms with E-state index in [1.807, 2.05) is 0 Å². The zero-order valence-corrected chi connectivity index (χ0v) is 12.3. The number of hydrogen-bond donors (Lipinski definition) is 1. The highest BCUT2D eigenvalue weighted by Crippen LogP contribution is 2.23. The summed E-state index contributed by atoms with van der Waals surface area (Å²) < 4.78 is 10.3. The fraction of sp³-hybridized carbons (Fsp3) is 0.429. The molecule has 0 bridgehead atoms. The Morgan fingerprint density at radius 3 is 2.95 bits per heavy atom. The highest BCUT2D eigenvalue weighted by molar-refractivity contribution is 6.30. The molecule has 21 heavy (non-hydrogen) atoms. The van der Waals surface area contributed by atoms with Gasteiger partial charge < -0.3 is 19.5 Å². The van der Waals surface area contributed by atoms with Crippen molar-refractivity contribution in [3.63, 3.8) is 0 Å². The van der Waals surface area contributed by atoms with Gasteiger partial charge in [-0.3, -0.25) is 4.79 Å². The van der Waals surface area contributed by atoms with Gasteiger partial charge in [-0.05, 0) is 18.2 Å². The van der Waals surface area contributed by atoms with Crippen LogP contribution in [-0.2, 0) is 20.7 Å². The molecule has 0 aromatic heterocycles. The van der Waals surface area contributed by atoms with Gasteiger partial charge in [0.15, 0.2) is 6.10 Å². The summed E-state index contributed by atoms with van der Waals surface area (Å²) in [6.07, 6.45) is -0.861. The maximum Gasteiger partial charge on any atom is 0.334 e. The molecule has 0 saturated carbocycles. The summed E-state index contributed by atoms with van der Waals surface area (Å²) in [6, 6.07) is 5.06. The summed E-state index contributed by atoms with van der Waals surface area (Å²) >= 11 is 5.93. The van der Waals surface area contributed by atoms with E-state index in [4.69, 9.17) is 26.2 Å². The van der Waals surface area contributed by atoms with Crippen LogP contribution >= 0.6 is 11.6 Å². The molecule has 1 atom stereocenters. The van der Waals surface area contributed by atoms with Crippen LogP contribution in [0.15, 0.2) is 18.2 Å². The molecule has 0 spiro atoms. The Labute approximate surface area is 127 Å². The van der Waals surface area contributed by atoms with Crippen LogP contribution in [0.3, 0.4) is 0 Å². The average Bonchev–Trinajstić information content (AvgIpc) is 2.47. The molecule has 1 saturated heterocycles. The van der Waals surface area contributed by atoms with E-state index >= 15 is 0 Å². The second kappa shape index (κ2) is 6.78. The first kappa shape index (κ1) is 15.6. The summed E-state index contributed by atoms with van der Waals surface area (Å²) in [5.74, 6) is -0.659. The molecular formula is C14H16ClNO5. The fourth-order valence-corrected chi connectivity index (χ4v) is 2.38. The number of aliphatic carboxylic acids is 1. The van der Waals surface area contributed by atoms with Crippen LogP contribution < -0.4 is 4.74 Å². The van der Waals surface area contributed by atoms with Crippen molar-refractivity contribution in [3.05, 3.63) is 28.8 Å². The smallest absolute Gasteiger partial charge is 0.334 e. The molecule has 114 valence electrons. The van der Waals surface area contributed by atoms with Crippen molar-refractivity contribution in [1.82, 2.24) is 4.90 Å². The van der Waals surface area contributed by atoms with Crippen LogP contribution in [0.4, 0.5) is 0 Å². The Morgan fingerprint density at radius 2 is 2.29 bits per heavy atom. The number of hydrogen-bond acceptors (Lipinski definition) is 4. The number of methoxy groups -OCH3 is 1. The first-order valence-electron chi connectivity index (χ1n) is 6.46. The number of morpholine rings is 1. The molecule has 1 N–H and O–H groups in total. The third kappa shape index (κ3) is 3.86. The van der Waals surface area contributed by atoms with E-state index in [-0.39, 0.29) is 25.5 Å². The van der Waals surface area contributed by atoms with Crippen molar-refractivity contribution in [3.8, 4) is 5.75 Å². The molecule has 1 amide bonds. The molecule has 7 heteroatoms. The van der Waals surface area contributed by atoms with Gasteiger partial charge >= 0.3 is 5.97 Å². The van der Waals surface area contributed by atoms with Crippen LogP contribution in [0.25, 0.3) is 0 Å². The molecular weight excluding hydrogens is 298 g/mol. The fourth-order valence-electron chi connectivity index (χ4n) is 2.19. The lowest BCUT2D eigenvalue weighted by Crippen LogP contribution is -2.49. The first-order valence-corrected chi connectivity index (χ1v) is 6.83. The van der Waals surface area contributed by atoms with Gasteiger partial charge in [-0.15, -0.1) is 0 Å². The van der Waals surface area contributed by atoms with Gasteiger partial charge in [-0.1, -0.05) is 11.6 Å². The molecule has 1 heterocycles. The molecule has 1 unspecified atom stereocenters. The van der Waals surface area contributed by atoms with E-state index in [1.54, 1.807) is 18.2 Å². The third-order valence-electron chi connectivity index (χ3n) is 3.28. The number of benzene rings is 1. The molecule has 1 aromatic carbocycles. The van der Waals surface area contributed by atoms with E-state index in [2.05, 4.69) is 0 Å². The van der Waals surface area contributed by atoms with E-state index in [0.29, 0.717) is 22.9 Å². The maximum atomic E-state index is 12.3. The number of amides is 1. The summed E-state index contributed by atoms with van der Waals surface area (Å²) in [4.78, 5) is 24.7. The lowest BCUT2D eigenvalue weighted by Gasteiger charge is -2.31. The monoisotopic (exact) mass is 313 g/mol. The predicted octanol–water partition coefficient (Wildman–Crippen LogP) is 1.20.